The topological polar surface area (TPSA) is 44.8 Å². The van der Waals surface area contributed by atoms with Crippen molar-refractivity contribution in [1.29, 1.82) is 0 Å². The lowest BCUT2D eigenvalue weighted by molar-refractivity contribution is -0.156. The molecular formula is C12H13BrO4. The van der Waals surface area contributed by atoms with Crippen molar-refractivity contribution >= 4 is 22.2 Å². The van der Waals surface area contributed by atoms with Gasteiger partial charge in [-0.1, -0.05) is 15.9 Å². The van der Waals surface area contributed by atoms with Crippen molar-refractivity contribution < 1.29 is 19.0 Å². The van der Waals surface area contributed by atoms with Gasteiger partial charge in [-0.15, -0.1) is 0 Å². The molecule has 0 bridgehead atoms. The zero-order valence-corrected chi connectivity index (χ0v) is 10.8. The maximum atomic E-state index is 10.6. The second-order valence-corrected chi connectivity index (χ2v) is 4.65. The number of hydrogen-bond donors (Lipinski definition) is 0. The highest BCUT2D eigenvalue weighted by molar-refractivity contribution is 9.10. The third-order valence-corrected chi connectivity index (χ3v) is 2.88. The maximum absolute atomic E-state index is 10.6. The fourth-order valence-corrected chi connectivity index (χ4v) is 1.78. The third-order valence-electron chi connectivity index (χ3n) is 2.35. The average Bonchev–Trinajstić information content (AvgIpc) is 2.38. The number of halogens is 1. The first-order valence-electron chi connectivity index (χ1n) is 5.35. The van der Waals surface area contributed by atoms with Crippen LogP contribution in [-0.2, 0) is 14.3 Å². The number of ether oxygens (including phenoxy) is 3. The van der Waals surface area contributed by atoms with E-state index in [4.69, 9.17) is 14.2 Å². The predicted molar refractivity (Wildman–Crippen MR) is 65.2 cm³/mol. The lowest BCUT2D eigenvalue weighted by Crippen LogP contribution is -2.40. The molecule has 0 aliphatic carbocycles. The van der Waals surface area contributed by atoms with E-state index in [1.165, 1.54) is 0 Å². The Balaban J connectivity index is 1.81. The van der Waals surface area contributed by atoms with Crippen molar-refractivity contribution in [3.8, 4) is 5.75 Å². The quantitative estimate of drug-likeness (QED) is 0.796. The van der Waals surface area contributed by atoms with E-state index in [1.807, 2.05) is 24.3 Å². The van der Waals surface area contributed by atoms with Crippen LogP contribution in [0.2, 0.25) is 0 Å². The van der Waals surface area contributed by atoms with E-state index < -0.39 is 6.10 Å². The zero-order valence-electron chi connectivity index (χ0n) is 9.17. The summed E-state index contributed by atoms with van der Waals surface area (Å²) in [6, 6.07) is 7.54. The summed E-state index contributed by atoms with van der Waals surface area (Å²) in [5.74, 6) is 0.769. The number of hydrogen-bond acceptors (Lipinski definition) is 4. The van der Waals surface area contributed by atoms with Crippen molar-refractivity contribution in [3.63, 3.8) is 0 Å². The normalized spacial score (nSPS) is 24.3. The van der Waals surface area contributed by atoms with Crippen LogP contribution in [0.3, 0.4) is 0 Å². The fraction of sp³-hybridized carbons (Fsp3) is 0.417. The Morgan fingerprint density at radius 1 is 1.35 bits per heavy atom. The first-order valence-corrected chi connectivity index (χ1v) is 6.14. The molecule has 0 N–H and O–H groups in total. The summed E-state index contributed by atoms with van der Waals surface area (Å²) in [6.07, 6.45) is 0.0936. The Morgan fingerprint density at radius 2 is 2.12 bits per heavy atom. The minimum Gasteiger partial charge on any atom is -0.491 e. The van der Waals surface area contributed by atoms with Gasteiger partial charge in [0.25, 0.3) is 0 Å². The lowest BCUT2D eigenvalue weighted by atomic mass is 10.3. The zero-order chi connectivity index (χ0) is 12.1. The van der Waals surface area contributed by atoms with Gasteiger partial charge in [-0.05, 0) is 24.3 Å². The van der Waals surface area contributed by atoms with E-state index in [-0.39, 0.29) is 6.10 Å². The van der Waals surface area contributed by atoms with Gasteiger partial charge < -0.3 is 19.0 Å². The summed E-state index contributed by atoms with van der Waals surface area (Å²) < 4.78 is 17.3. The van der Waals surface area contributed by atoms with E-state index in [0.717, 1.165) is 16.5 Å². The largest absolute Gasteiger partial charge is 0.491 e. The van der Waals surface area contributed by atoms with Gasteiger partial charge >= 0.3 is 0 Å². The number of carbonyl (C=O) groups excluding carboxylic acids is 1. The van der Waals surface area contributed by atoms with Crippen molar-refractivity contribution in [2.45, 2.75) is 12.2 Å². The fourth-order valence-electron chi connectivity index (χ4n) is 1.52. The van der Waals surface area contributed by atoms with E-state index in [9.17, 15) is 4.79 Å². The van der Waals surface area contributed by atoms with E-state index in [0.29, 0.717) is 19.8 Å². The molecule has 0 amide bonds. The summed E-state index contributed by atoms with van der Waals surface area (Å²) in [5.41, 5.74) is 0. The van der Waals surface area contributed by atoms with Gasteiger partial charge in [-0.25, -0.2) is 0 Å². The SMILES string of the molecule is O=CC1COCC(COc2ccc(Br)cc2)O1. The van der Waals surface area contributed by atoms with Gasteiger partial charge in [0.05, 0.1) is 13.2 Å². The number of aldehydes is 1. The molecule has 5 heteroatoms. The maximum Gasteiger partial charge on any atom is 0.151 e. The minimum atomic E-state index is -0.470. The van der Waals surface area contributed by atoms with Crippen molar-refractivity contribution in [2.24, 2.45) is 0 Å². The Labute approximate surface area is 108 Å². The number of rotatable bonds is 4. The summed E-state index contributed by atoms with van der Waals surface area (Å²) in [5, 5.41) is 0. The van der Waals surface area contributed by atoms with Crippen LogP contribution in [0.1, 0.15) is 0 Å². The van der Waals surface area contributed by atoms with E-state index in [2.05, 4.69) is 15.9 Å². The number of carbonyl (C=O) groups is 1. The van der Waals surface area contributed by atoms with Gasteiger partial charge in [-0.2, -0.15) is 0 Å². The van der Waals surface area contributed by atoms with Gasteiger partial charge in [0, 0.05) is 4.47 Å². The van der Waals surface area contributed by atoms with Crippen LogP contribution >= 0.6 is 15.9 Å². The molecule has 2 rings (SSSR count). The monoisotopic (exact) mass is 300 g/mol. The molecule has 0 spiro atoms. The molecule has 0 saturated carbocycles. The highest BCUT2D eigenvalue weighted by Crippen LogP contribution is 2.17. The van der Waals surface area contributed by atoms with Crippen LogP contribution in [0.5, 0.6) is 5.75 Å². The summed E-state index contributed by atoms with van der Waals surface area (Å²) in [4.78, 5) is 10.6. The van der Waals surface area contributed by atoms with Crippen molar-refractivity contribution in [1.82, 2.24) is 0 Å². The summed E-state index contributed by atoms with van der Waals surface area (Å²) >= 11 is 3.35. The molecule has 4 nitrogen and oxygen atoms in total. The van der Waals surface area contributed by atoms with Crippen LogP contribution in [0.25, 0.3) is 0 Å². The first kappa shape index (κ1) is 12.5. The van der Waals surface area contributed by atoms with Crippen LogP contribution in [0.15, 0.2) is 28.7 Å². The molecule has 0 aromatic heterocycles. The smallest absolute Gasteiger partial charge is 0.151 e. The highest BCUT2D eigenvalue weighted by atomic mass is 79.9. The first-order chi connectivity index (χ1) is 8.28. The molecular weight excluding hydrogens is 288 g/mol. The van der Waals surface area contributed by atoms with Gasteiger partial charge in [0.15, 0.2) is 6.29 Å². The predicted octanol–water partition coefficient (Wildman–Crippen LogP) is 1.81. The average molecular weight is 301 g/mol. The van der Waals surface area contributed by atoms with Gasteiger partial charge in [-0.3, -0.25) is 0 Å². The van der Waals surface area contributed by atoms with E-state index >= 15 is 0 Å². The molecule has 1 aromatic carbocycles. The molecule has 2 unspecified atom stereocenters. The molecule has 92 valence electrons. The molecule has 1 aromatic rings. The minimum absolute atomic E-state index is 0.192. The summed E-state index contributed by atoms with van der Waals surface area (Å²) in [6.45, 7) is 1.17. The molecule has 0 radical (unpaired) electrons. The van der Waals surface area contributed by atoms with E-state index in [1.54, 1.807) is 0 Å². The van der Waals surface area contributed by atoms with Crippen LogP contribution in [0.4, 0.5) is 0 Å². The van der Waals surface area contributed by atoms with Crippen molar-refractivity contribution in [2.75, 3.05) is 19.8 Å². The molecule has 1 aliphatic heterocycles. The Kier molecular flexibility index (Phi) is 4.53. The van der Waals surface area contributed by atoms with Crippen molar-refractivity contribution in [3.05, 3.63) is 28.7 Å². The lowest BCUT2D eigenvalue weighted by Gasteiger charge is -2.27. The van der Waals surface area contributed by atoms with Crippen LogP contribution in [0, 0.1) is 0 Å². The Morgan fingerprint density at radius 3 is 2.82 bits per heavy atom. The highest BCUT2D eigenvalue weighted by Gasteiger charge is 2.22. The van der Waals surface area contributed by atoms with Gasteiger partial charge in [0.1, 0.15) is 24.6 Å². The molecule has 1 saturated heterocycles. The molecule has 2 atom stereocenters. The van der Waals surface area contributed by atoms with Gasteiger partial charge in [0.2, 0.25) is 0 Å². The molecule has 1 heterocycles. The third kappa shape index (κ3) is 3.80. The second kappa shape index (κ2) is 6.14. The van der Waals surface area contributed by atoms with Crippen LogP contribution in [-0.4, -0.2) is 38.3 Å². The number of benzene rings is 1. The molecule has 1 aliphatic rings. The standard InChI is InChI=1S/C12H13BrO4/c13-9-1-3-10(4-2-9)16-8-12-7-15-6-11(5-14)17-12/h1-5,11-12H,6-8H2. The molecule has 1 fully saturated rings. The summed E-state index contributed by atoms with van der Waals surface area (Å²) in [7, 11) is 0. The Bertz CT molecular complexity index is 365. The second-order valence-electron chi connectivity index (χ2n) is 3.74. The Hall–Kier alpha value is -0.910. The molecule has 17 heavy (non-hydrogen) atoms. The van der Waals surface area contributed by atoms with Crippen LogP contribution < -0.4 is 4.74 Å².